The average Bonchev–Trinajstić information content (AvgIpc) is 2.69. The summed E-state index contributed by atoms with van der Waals surface area (Å²) in [5, 5.41) is 3.03. The SMILES string of the molecule is C[C@@H]1CCN(C(=O)Nc2ccccc2SCCC(N)=O)C[C@H](C)C1. The van der Waals surface area contributed by atoms with Crippen molar-refractivity contribution in [1.29, 1.82) is 0 Å². The number of likely N-dealkylation sites (tertiary alicyclic amines) is 1. The van der Waals surface area contributed by atoms with Crippen LogP contribution in [0, 0.1) is 11.8 Å². The lowest BCUT2D eigenvalue weighted by Crippen LogP contribution is -2.37. The highest BCUT2D eigenvalue weighted by molar-refractivity contribution is 7.99. The van der Waals surface area contributed by atoms with Crippen molar-refractivity contribution in [2.24, 2.45) is 17.6 Å². The van der Waals surface area contributed by atoms with Crippen LogP contribution in [0.5, 0.6) is 0 Å². The van der Waals surface area contributed by atoms with Gasteiger partial charge in [-0.1, -0.05) is 26.0 Å². The van der Waals surface area contributed by atoms with E-state index in [1.54, 1.807) is 0 Å². The molecule has 0 spiro atoms. The monoisotopic (exact) mass is 349 g/mol. The van der Waals surface area contributed by atoms with Crippen molar-refractivity contribution in [2.75, 3.05) is 24.2 Å². The van der Waals surface area contributed by atoms with Crippen molar-refractivity contribution in [3.05, 3.63) is 24.3 Å². The number of hydrogen-bond acceptors (Lipinski definition) is 3. The standard InChI is InChI=1S/C18H27N3O2S/c1-13-7-9-21(12-14(2)11-13)18(23)20-15-5-3-4-6-16(15)24-10-8-17(19)22/h3-6,13-14H,7-12H2,1-2H3,(H2,19,22)(H,20,23)/t13-,14-/m1/s1. The maximum atomic E-state index is 12.6. The molecule has 5 nitrogen and oxygen atoms in total. The number of rotatable bonds is 5. The number of carbonyl (C=O) groups excluding carboxylic acids is 2. The molecule has 1 aliphatic heterocycles. The number of nitrogens with zero attached hydrogens (tertiary/aromatic N) is 1. The Morgan fingerprint density at radius 1 is 1.29 bits per heavy atom. The summed E-state index contributed by atoms with van der Waals surface area (Å²) in [7, 11) is 0. The van der Waals surface area contributed by atoms with E-state index in [0.717, 1.165) is 30.1 Å². The summed E-state index contributed by atoms with van der Waals surface area (Å²) in [6.45, 7) is 6.06. The van der Waals surface area contributed by atoms with Gasteiger partial charge in [-0.3, -0.25) is 4.79 Å². The quantitative estimate of drug-likeness (QED) is 0.798. The van der Waals surface area contributed by atoms with Gasteiger partial charge in [-0.05, 0) is 36.8 Å². The van der Waals surface area contributed by atoms with Gasteiger partial charge in [0.1, 0.15) is 0 Å². The fourth-order valence-corrected chi connectivity index (χ4v) is 4.03. The fraction of sp³-hybridized carbons (Fsp3) is 0.556. The Bertz CT molecular complexity index is 579. The first-order valence-electron chi connectivity index (χ1n) is 8.51. The smallest absolute Gasteiger partial charge is 0.321 e. The molecule has 24 heavy (non-hydrogen) atoms. The fourth-order valence-electron chi connectivity index (χ4n) is 3.06. The number of carbonyl (C=O) groups is 2. The molecule has 1 saturated heterocycles. The van der Waals surface area contributed by atoms with Crippen LogP contribution in [0.2, 0.25) is 0 Å². The van der Waals surface area contributed by atoms with Crippen LogP contribution < -0.4 is 11.1 Å². The number of amides is 3. The number of primary amides is 1. The van der Waals surface area contributed by atoms with Crippen molar-refractivity contribution in [3.8, 4) is 0 Å². The molecule has 3 N–H and O–H groups in total. The maximum Gasteiger partial charge on any atom is 0.321 e. The highest BCUT2D eigenvalue weighted by Crippen LogP contribution is 2.28. The van der Waals surface area contributed by atoms with E-state index < -0.39 is 0 Å². The molecule has 0 bridgehead atoms. The highest BCUT2D eigenvalue weighted by Gasteiger charge is 2.23. The van der Waals surface area contributed by atoms with Crippen molar-refractivity contribution in [1.82, 2.24) is 4.90 Å². The van der Waals surface area contributed by atoms with Crippen LogP contribution in [0.4, 0.5) is 10.5 Å². The van der Waals surface area contributed by atoms with Crippen molar-refractivity contribution in [2.45, 2.75) is 38.0 Å². The van der Waals surface area contributed by atoms with E-state index in [1.165, 1.54) is 18.2 Å². The van der Waals surface area contributed by atoms with Crippen LogP contribution in [-0.4, -0.2) is 35.7 Å². The first kappa shape index (κ1) is 18.6. The third-order valence-corrected chi connectivity index (χ3v) is 5.33. The van der Waals surface area contributed by atoms with Gasteiger partial charge in [0.15, 0.2) is 0 Å². The van der Waals surface area contributed by atoms with Crippen LogP contribution >= 0.6 is 11.8 Å². The van der Waals surface area contributed by atoms with Crippen molar-refractivity contribution in [3.63, 3.8) is 0 Å². The molecule has 0 saturated carbocycles. The average molecular weight is 350 g/mol. The third-order valence-electron chi connectivity index (χ3n) is 4.25. The van der Waals surface area contributed by atoms with E-state index in [4.69, 9.17) is 5.73 Å². The molecule has 0 aromatic heterocycles. The summed E-state index contributed by atoms with van der Waals surface area (Å²) in [6.07, 6.45) is 2.55. The molecule has 1 aliphatic rings. The Labute approximate surface area is 148 Å². The van der Waals surface area contributed by atoms with E-state index in [2.05, 4.69) is 19.2 Å². The van der Waals surface area contributed by atoms with Crippen LogP contribution in [0.25, 0.3) is 0 Å². The molecular weight excluding hydrogens is 322 g/mol. The number of urea groups is 1. The Morgan fingerprint density at radius 3 is 2.79 bits per heavy atom. The number of thioether (sulfide) groups is 1. The largest absolute Gasteiger partial charge is 0.370 e. The molecule has 2 rings (SSSR count). The normalized spacial score (nSPS) is 21.2. The molecule has 1 heterocycles. The summed E-state index contributed by atoms with van der Waals surface area (Å²) in [5.74, 6) is 1.49. The van der Waals surface area contributed by atoms with Gasteiger partial charge >= 0.3 is 6.03 Å². The maximum absolute atomic E-state index is 12.6. The Kier molecular flexibility index (Phi) is 6.97. The van der Waals surface area contributed by atoms with Crippen molar-refractivity contribution < 1.29 is 9.59 Å². The lowest BCUT2D eigenvalue weighted by Gasteiger charge is -2.23. The first-order chi connectivity index (χ1) is 11.5. The second kappa shape index (κ2) is 8.97. The number of nitrogens with two attached hydrogens (primary N) is 1. The van der Waals surface area contributed by atoms with Gasteiger partial charge in [-0.15, -0.1) is 11.8 Å². The summed E-state index contributed by atoms with van der Waals surface area (Å²) in [5.41, 5.74) is 5.98. The van der Waals surface area contributed by atoms with Crippen LogP contribution in [0.3, 0.4) is 0 Å². The summed E-state index contributed by atoms with van der Waals surface area (Å²) >= 11 is 1.53. The van der Waals surface area contributed by atoms with E-state index in [-0.39, 0.29) is 11.9 Å². The molecule has 1 aromatic rings. The second-order valence-corrected chi connectivity index (χ2v) is 7.81. The van der Waals surface area contributed by atoms with Gasteiger partial charge in [0.2, 0.25) is 5.91 Å². The van der Waals surface area contributed by atoms with E-state index in [1.807, 2.05) is 29.2 Å². The zero-order chi connectivity index (χ0) is 17.5. The Morgan fingerprint density at radius 2 is 2.04 bits per heavy atom. The predicted octanol–water partition coefficient (Wildman–Crippen LogP) is 3.55. The van der Waals surface area contributed by atoms with E-state index >= 15 is 0 Å². The van der Waals surface area contributed by atoms with Gasteiger partial charge in [-0.25, -0.2) is 4.79 Å². The lowest BCUT2D eigenvalue weighted by molar-refractivity contribution is -0.117. The van der Waals surface area contributed by atoms with Crippen LogP contribution in [0.15, 0.2) is 29.2 Å². The van der Waals surface area contributed by atoms with Gasteiger partial charge in [0.25, 0.3) is 0 Å². The molecule has 0 radical (unpaired) electrons. The van der Waals surface area contributed by atoms with Gasteiger partial charge in [0.05, 0.1) is 5.69 Å². The molecular formula is C18H27N3O2S. The van der Waals surface area contributed by atoms with Gasteiger partial charge < -0.3 is 16.0 Å². The molecule has 3 amide bonds. The molecule has 1 fully saturated rings. The van der Waals surface area contributed by atoms with E-state index in [9.17, 15) is 9.59 Å². The van der Waals surface area contributed by atoms with E-state index in [0.29, 0.717) is 24.0 Å². The summed E-state index contributed by atoms with van der Waals surface area (Å²) < 4.78 is 0. The second-order valence-electron chi connectivity index (χ2n) is 6.67. The summed E-state index contributed by atoms with van der Waals surface area (Å²) in [4.78, 5) is 26.4. The number of para-hydroxylation sites is 1. The van der Waals surface area contributed by atoms with Crippen LogP contribution in [-0.2, 0) is 4.79 Å². The number of hydrogen-bond donors (Lipinski definition) is 2. The number of benzene rings is 1. The number of nitrogens with one attached hydrogen (secondary N) is 1. The first-order valence-corrected chi connectivity index (χ1v) is 9.50. The topological polar surface area (TPSA) is 75.4 Å². The Hall–Kier alpha value is -1.69. The minimum Gasteiger partial charge on any atom is -0.370 e. The molecule has 2 atom stereocenters. The number of anilines is 1. The Balaban J connectivity index is 1.99. The molecule has 1 aromatic carbocycles. The minimum absolute atomic E-state index is 0.0427. The zero-order valence-electron chi connectivity index (χ0n) is 14.5. The molecule has 0 aliphatic carbocycles. The lowest BCUT2D eigenvalue weighted by atomic mass is 9.97. The van der Waals surface area contributed by atoms with Crippen molar-refractivity contribution >= 4 is 29.4 Å². The minimum atomic E-state index is -0.309. The van der Waals surface area contributed by atoms with Gasteiger partial charge in [0, 0.05) is 30.2 Å². The zero-order valence-corrected chi connectivity index (χ0v) is 15.3. The molecule has 6 heteroatoms. The third kappa shape index (κ3) is 5.74. The predicted molar refractivity (Wildman–Crippen MR) is 99.1 cm³/mol. The molecule has 0 unspecified atom stereocenters. The highest BCUT2D eigenvalue weighted by atomic mass is 32.2. The molecule has 132 valence electrons. The summed E-state index contributed by atoms with van der Waals surface area (Å²) in [6, 6.07) is 7.64. The van der Waals surface area contributed by atoms with Gasteiger partial charge in [-0.2, -0.15) is 0 Å². The van der Waals surface area contributed by atoms with Crippen LogP contribution in [0.1, 0.15) is 33.1 Å².